The summed E-state index contributed by atoms with van der Waals surface area (Å²) in [6.45, 7) is 3.58. The summed E-state index contributed by atoms with van der Waals surface area (Å²) < 4.78 is 0. The van der Waals surface area contributed by atoms with Crippen LogP contribution in [0.1, 0.15) is 28.7 Å². The number of hydrogen-bond donors (Lipinski definition) is 3. The van der Waals surface area contributed by atoms with Gasteiger partial charge in [0.25, 0.3) is 5.91 Å². The third kappa shape index (κ3) is 3.19. The van der Waals surface area contributed by atoms with Gasteiger partial charge in [-0.1, -0.05) is 0 Å². The van der Waals surface area contributed by atoms with Gasteiger partial charge in [-0.05, 0) is 49.7 Å². The molecule has 19 heavy (non-hydrogen) atoms. The average Bonchev–Trinajstić information content (AvgIpc) is 2.83. The van der Waals surface area contributed by atoms with Crippen LogP contribution in [0.15, 0.2) is 35.4 Å². The number of H-pyrrole nitrogens is 1. The van der Waals surface area contributed by atoms with E-state index in [1.54, 1.807) is 37.3 Å². The van der Waals surface area contributed by atoms with Crippen LogP contribution < -0.4 is 5.43 Å². The first-order valence-corrected chi connectivity index (χ1v) is 5.72. The lowest BCUT2D eigenvalue weighted by Crippen LogP contribution is -2.19. The van der Waals surface area contributed by atoms with E-state index in [2.05, 4.69) is 20.7 Å². The number of hydrazone groups is 1. The molecule has 0 aliphatic rings. The summed E-state index contributed by atoms with van der Waals surface area (Å²) in [7, 11) is 0. The van der Waals surface area contributed by atoms with E-state index in [4.69, 9.17) is 0 Å². The van der Waals surface area contributed by atoms with Gasteiger partial charge in [0.15, 0.2) is 5.69 Å². The Labute approximate surface area is 110 Å². The van der Waals surface area contributed by atoms with Crippen LogP contribution >= 0.6 is 0 Å². The third-order valence-electron chi connectivity index (χ3n) is 2.55. The molecule has 98 valence electrons. The zero-order valence-electron chi connectivity index (χ0n) is 10.6. The fourth-order valence-electron chi connectivity index (χ4n) is 1.49. The van der Waals surface area contributed by atoms with Crippen molar-refractivity contribution in [2.45, 2.75) is 13.8 Å². The van der Waals surface area contributed by atoms with Crippen LogP contribution in [0.25, 0.3) is 0 Å². The zero-order chi connectivity index (χ0) is 13.8. The summed E-state index contributed by atoms with van der Waals surface area (Å²) in [5.41, 5.74) is 4.99. The number of aromatic nitrogens is 2. The summed E-state index contributed by atoms with van der Waals surface area (Å²) in [5, 5.41) is 19.7. The van der Waals surface area contributed by atoms with Crippen LogP contribution in [0, 0.1) is 6.92 Å². The fraction of sp³-hybridized carbons (Fsp3) is 0.154. The minimum Gasteiger partial charge on any atom is -0.508 e. The van der Waals surface area contributed by atoms with Gasteiger partial charge in [0.2, 0.25) is 0 Å². The first-order valence-electron chi connectivity index (χ1n) is 5.72. The van der Waals surface area contributed by atoms with Gasteiger partial charge in [-0.25, -0.2) is 5.43 Å². The Morgan fingerprint density at radius 2 is 2.05 bits per heavy atom. The Kier molecular flexibility index (Phi) is 3.61. The van der Waals surface area contributed by atoms with Crippen LogP contribution in [-0.4, -0.2) is 26.9 Å². The van der Waals surface area contributed by atoms with Gasteiger partial charge in [0.1, 0.15) is 5.75 Å². The average molecular weight is 258 g/mol. The van der Waals surface area contributed by atoms with Crippen molar-refractivity contribution in [3.8, 4) is 5.75 Å². The maximum Gasteiger partial charge on any atom is 0.291 e. The minimum absolute atomic E-state index is 0.188. The highest BCUT2D eigenvalue weighted by atomic mass is 16.3. The zero-order valence-corrected chi connectivity index (χ0v) is 10.6. The van der Waals surface area contributed by atoms with E-state index in [-0.39, 0.29) is 11.7 Å². The number of amides is 1. The number of benzene rings is 1. The molecule has 0 saturated heterocycles. The molecule has 0 atom stereocenters. The largest absolute Gasteiger partial charge is 0.508 e. The number of nitrogens with zero attached hydrogens (tertiary/aromatic N) is 2. The quantitative estimate of drug-likeness (QED) is 0.576. The molecule has 0 spiro atoms. The molecule has 6 nitrogen and oxygen atoms in total. The predicted molar refractivity (Wildman–Crippen MR) is 71.1 cm³/mol. The van der Waals surface area contributed by atoms with Gasteiger partial charge in [-0.2, -0.15) is 10.2 Å². The number of carbonyl (C=O) groups excluding carboxylic acids is 1. The van der Waals surface area contributed by atoms with Crippen LogP contribution in [-0.2, 0) is 0 Å². The van der Waals surface area contributed by atoms with Crippen LogP contribution in [0.4, 0.5) is 0 Å². The maximum atomic E-state index is 11.7. The monoisotopic (exact) mass is 258 g/mol. The van der Waals surface area contributed by atoms with Crippen molar-refractivity contribution in [2.24, 2.45) is 5.10 Å². The van der Waals surface area contributed by atoms with E-state index in [9.17, 15) is 9.90 Å². The van der Waals surface area contributed by atoms with E-state index < -0.39 is 0 Å². The summed E-state index contributed by atoms with van der Waals surface area (Å²) in [5.74, 6) is -0.185. The van der Waals surface area contributed by atoms with Crippen molar-refractivity contribution in [3.05, 3.63) is 47.3 Å². The first kappa shape index (κ1) is 12.8. The number of aryl methyl sites for hydroxylation is 1. The molecule has 3 N–H and O–H groups in total. The highest BCUT2D eigenvalue weighted by Gasteiger charge is 2.08. The lowest BCUT2D eigenvalue weighted by molar-refractivity contribution is 0.0950. The molecule has 2 aromatic rings. The second-order valence-corrected chi connectivity index (χ2v) is 4.12. The lowest BCUT2D eigenvalue weighted by atomic mass is 10.1. The molecule has 2 rings (SSSR count). The van der Waals surface area contributed by atoms with Gasteiger partial charge < -0.3 is 5.11 Å². The van der Waals surface area contributed by atoms with E-state index in [0.717, 1.165) is 11.3 Å². The van der Waals surface area contributed by atoms with Gasteiger partial charge >= 0.3 is 0 Å². The highest BCUT2D eigenvalue weighted by Crippen LogP contribution is 2.10. The third-order valence-corrected chi connectivity index (χ3v) is 2.55. The van der Waals surface area contributed by atoms with E-state index in [1.165, 1.54) is 0 Å². The normalized spacial score (nSPS) is 11.4. The SMILES string of the molecule is CC(=NNC(=O)c1cc(C)[nH]n1)c1ccc(O)cc1. The highest BCUT2D eigenvalue weighted by molar-refractivity contribution is 6.00. The lowest BCUT2D eigenvalue weighted by Gasteiger charge is -2.01. The molecular formula is C13H14N4O2. The van der Waals surface area contributed by atoms with Crippen molar-refractivity contribution < 1.29 is 9.90 Å². The standard InChI is InChI=1S/C13H14N4O2/c1-8-7-12(16-14-8)13(19)17-15-9(2)10-3-5-11(18)6-4-10/h3-7,18H,1-2H3,(H,14,16)(H,17,19). The van der Waals surface area contributed by atoms with Crippen molar-refractivity contribution in [1.82, 2.24) is 15.6 Å². The van der Waals surface area contributed by atoms with Gasteiger partial charge in [0, 0.05) is 5.69 Å². The molecule has 6 heteroatoms. The Morgan fingerprint density at radius 1 is 1.37 bits per heavy atom. The summed E-state index contributed by atoms with van der Waals surface area (Å²) in [6, 6.07) is 8.21. The van der Waals surface area contributed by atoms with Crippen LogP contribution in [0.2, 0.25) is 0 Å². The fourth-order valence-corrected chi connectivity index (χ4v) is 1.49. The van der Waals surface area contributed by atoms with Crippen molar-refractivity contribution in [2.75, 3.05) is 0 Å². The Balaban J connectivity index is 2.06. The Hall–Kier alpha value is -2.63. The van der Waals surface area contributed by atoms with E-state index >= 15 is 0 Å². The number of hydrogen-bond acceptors (Lipinski definition) is 4. The summed E-state index contributed by atoms with van der Waals surface area (Å²) >= 11 is 0. The van der Waals surface area contributed by atoms with Crippen molar-refractivity contribution >= 4 is 11.6 Å². The van der Waals surface area contributed by atoms with E-state index in [0.29, 0.717) is 11.4 Å². The second-order valence-electron chi connectivity index (χ2n) is 4.12. The Morgan fingerprint density at radius 3 is 2.63 bits per heavy atom. The smallest absolute Gasteiger partial charge is 0.291 e. The molecule has 1 amide bonds. The maximum absolute atomic E-state index is 11.7. The number of aromatic amines is 1. The van der Waals surface area contributed by atoms with Crippen molar-refractivity contribution in [3.63, 3.8) is 0 Å². The molecule has 0 aliphatic carbocycles. The second kappa shape index (κ2) is 5.34. The van der Waals surface area contributed by atoms with Gasteiger partial charge in [0.05, 0.1) is 5.71 Å². The number of carbonyl (C=O) groups is 1. The predicted octanol–water partition coefficient (Wildman–Crippen LogP) is 1.58. The Bertz CT molecular complexity index is 614. The number of phenols is 1. The number of aromatic hydroxyl groups is 1. The number of phenolic OH excluding ortho intramolecular Hbond substituents is 1. The van der Waals surface area contributed by atoms with Gasteiger partial charge in [-0.15, -0.1) is 0 Å². The number of rotatable bonds is 3. The first-order chi connectivity index (χ1) is 9.06. The molecule has 0 aliphatic heterocycles. The molecule has 0 fully saturated rings. The van der Waals surface area contributed by atoms with Gasteiger partial charge in [-0.3, -0.25) is 9.89 Å². The molecule has 1 aromatic carbocycles. The van der Waals surface area contributed by atoms with E-state index in [1.807, 2.05) is 6.92 Å². The molecule has 0 radical (unpaired) electrons. The topological polar surface area (TPSA) is 90.4 Å². The molecular weight excluding hydrogens is 244 g/mol. The minimum atomic E-state index is -0.373. The molecule has 1 aromatic heterocycles. The molecule has 0 saturated carbocycles. The van der Waals surface area contributed by atoms with Crippen molar-refractivity contribution in [1.29, 1.82) is 0 Å². The summed E-state index contributed by atoms with van der Waals surface area (Å²) in [4.78, 5) is 11.7. The van der Waals surface area contributed by atoms with Crippen LogP contribution in [0.3, 0.4) is 0 Å². The summed E-state index contributed by atoms with van der Waals surface area (Å²) in [6.07, 6.45) is 0. The molecule has 0 unspecified atom stereocenters. The molecule has 0 bridgehead atoms. The number of nitrogens with one attached hydrogen (secondary N) is 2. The molecule has 1 heterocycles. The van der Waals surface area contributed by atoms with Crippen LogP contribution in [0.5, 0.6) is 5.75 Å².